The predicted molar refractivity (Wildman–Crippen MR) is 75.1 cm³/mol. The Morgan fingerprint density at radius 2 is 1.17 bits per heavy atom. The van der Waals surface area contributed by atoms with Crippen molar-refractivity contribution in [1.29, 1.82) is 0 Å². The van der Waals surface area contributed by atoms with Crippen LogP contribution in [0.15, 0.2) is 36.4 Å². The highest BCUT2D eigenvalue weighted by molar-refractivity contribution is 9.08. The van der Waals surface area contributed by atoms with Crippen LogP contribution in [0.4, 0.5) is 0 Å². The third-order valence-corrected chi connectivity index (χ3v) is 3.73. The van der Waals surface area contributed by atoms with E-state index in [-0.39, 0.29) is 0 Å². The lowest BCUT2D eigenvalue weighted by Crippen LogP contribution is -2.41. The summed E-state index contributed by atoms with van der Waals surface area (Å²) in [7, 11) is 0. The molecule has 0 atom stereocenters. The summed E-state index contributed by atoms with van der Waals surface area (Å²) in [6, 6.07) is 10.2. The van der Waals surface area contributed by atoms with Gasteiger partial charge in [-0.1, -0.05) is 31.9 Å². The Bertz CT molecular complexity index is 524. The Morgan fingerprint density at radius 1 is 0.778 bits per heavy atom. The average molecular weight is 374 g/mol. The lowest BCUT2D eigenvalue weighted by Gasteiger charge is -2.09. The Morgan fingerprint density at radius 3 is 1.50 bits per heavy atom. The van der Waals surface area contributed by atoms with Crippen LogP contribution in [0.2, 0.25) is 0 Å². The molecule has 0 aliphatic carbocycles. The number of nitrogens with zero attached hydrogens (tertiary/aromatic N) is 2. The van der Waals surface area contributed by atoms with E-state index in [9.17, 15) is 10.4 Å². The second-order valence-electron chi connectivity index (χ2n) is 3.66. The van der Waals surface area contributed by atoms with Gasteiger partial charge >= 0.3 is 0 Å². The third kappa shape index (κ3) is 2.35. The Balaban J connectivity index is 2.62. The molecule has 0 saturated heterocycles. The lowest BCUT2D eigenvalue weighted by molar-refractivity contribution is -0.632. The summed E-state index contributed by atoms with van der Waals surface area (Å²) in [6.45, 7) is 0. The van der Waals surface area contributed by atoms with Gasteiger partial charge in [-0.3, -0.25) is 0 Å². The number of halogens is 2. The molecule has 18 heavy (non-hydrogen) atoms. The molecule has 2 rings (SSSR count). The summed E-state index contributed by atoms with van der Waals surface area (Å²) in [5, 5.41) is 25.0. The maximum absolute atomic E-state index is 12.1. The first kappa shape index (κ1) is 13.3. The summed E-state index contributed by atoms with van der Waals surface area (Å²) in [6.07, 6.45) is 0. The van der Waals surface area contributed by atoms with Gasteiger partial charge in [0.15, 0.2) is 0 Å². The number of rotatable bonds is 3. The Kier molecular flexibility index (Phi) is 4.19. The highest BCUT2D eigenvalue weighted by atomic mass is 79.9. The number of hydrogen-bond donors (Lipinski definition) is 0. The van der Waals surface area contributed by atoms with Gasteiger partial charge in [-0.05, 0) is 12.1 Å². The molecular formula is C12H10Br2N2O2. The van der Waals surface area contributed by atoms with Crippen molar-refractivity contribution in [1.82, 2.24) is 0 Å². The van der Waals surface area contributed by atoms with Gasteiger partial charge in [0.1, 0.15) is 0 Å². The molecule has 0 spiro atoms. The van der Waals surface area contributed by atoms with E-state index in [0.717, 1.165) is 9.46 Å². The Hall–Kier alpha value is -1.14. The zero-order valence-corrected chi connectivity index (χ0v) is 12.5. The first-order chi connectivity index (χ1) is 8.69. The van der Waals surface area contributed by atoms with E-state index in [1.807, 2.05) is 0 Å². The van der Waals surface area contributed by atoms with E-state index in [2.05, 4.69) is 31.9 Å². The highest BCUT2D eigenvalue weighted by Gasteiger charge is 2.21. The van der Waals surface area contributed by atoms with Crippen LogP contribution >= 0.6 is 31.9 Å². The molecule has 2 aromatic heterocycles. The molecule has 2 aromatic rings. The smallest absolute Gasteiger partial charge is 0.290 e. The number of aromatic nitrogens is 2. The van der Waals surface area contributed by atoms with Crippen LogP contribution < -0.4 is 9.46 Å². The van der Waals surface area contributed by atoms with Gasteiger partial charge in [-0.2, -0.15) is 9.46 Å². The monoisotopic (exact) mass is 372 g/mol. The molecule has 0 bridgehead atoms. The molecule has 2 heterocycles. The minimum Gasteiger partial charge on any atom is -0.618 e. The van der Waals surface area contributed by atoms with Gasteiger partial charge in [0.25, 0.3) is 11.4 Å². The fraction of sp³-hybridized carbons (Fsp3) is 0.167. The fourth-order valence-electron chi connectivity index (χ4n) is 1.66. The van der Waals surface area contributed by atoms with Gasteiger partial charge in [0.2, 0.25) is 11.4 Å². The standard InChI is InChI=1S/C12H10Br2N2O2/c13-7-9-3-1-5-11(15(9)17)12-6-2-4-10(8-14)16(12)18/h1-6H,7-8H2. The summed E-state index contributed by atoms with van der Waals surface area (Å²) in [5.74, 6) is 0. The molecule has 0 aliphatic heterocycles. The summed E-state index contributed by atoms with van der Waals surface area (Å²) in [4.78, 5) is 0. The number of alkyl halides is 2. The SMILES string of the molecule is [O-][n+]1c(CBr)cccc1-c1cccc(CBr)[n+]1[O-]. The van der Waals surface area contributed by atoms with Crippen LogP contribution in [-0.4, -0.2) is 0 Å². The first-order valence-electron chi connectivity index (χ1n) is 5.24. The van der Waals surface area contributed by atoms with E-state index in [1.165, 1.54) is 0 Å². The van der Waals surface area contributed by atoms with Crippen molar-refractivity contribution in [2.24, 2.45) is 0 Å². The van der Waals surface area contributed by atoms with Crippen LogP contribution in [0.1, 0.15) is 11.4 Å². The van der Waals surface area contributed by atoms with Crippen LogP contribution in [0.5, 0.6) is 0 Å². The molecule has 0 fully saturated rings. The minimum atomic E-state index is 0.352. The van der Waals surface area contributed by atoms with E-state index in [0.29, 0.717) is 33.4 Å². The largest absolute Gasteiger partial charge is 0.618 e. The topological polar surface area (TPSA) is 53.9 Å². The van der Waals surface area contributed by atoms with Crippen LogP contribution in [-0.2, 0) is 10.7 Å². The quantitative estimate of drug-likeness (QED) is 0.471. The molecule has 0 amide bonds. The van der Waals surface area contributed by atoms with Gasteiger partial charge in [-0.25, -0.2) is 0 Å². The molecule has 0 N–H and O–H groups in total. The second-order valence-corrected chi connectivity index (χ2v) is 4.78. The third-order valence-electron chi connectivity index (χ3n) is 2.58. The summed E-state index contributed by atoms with van der Waals surface area (Å²) < 4.78 is 1.55. The maximum atomic E-state index is 12.1. The Labute approximate surface area is 121 Å². The lowest BCUT2D eigenvalue weighted by atomic mass is 10.2. The molecule has 0 aliphatic rings. The van der Waals surface area contributed by atoms with Gasteiger partial charge in [-0.15, -0.1) is 0 Å². The molecule has 0 aromatic carbocycles. The molecule has 0 saturated carbocycles. The predicted octanol–water partition coefficient (Wildman–Crippen LogP) is 2.41. The second kappa shape index (κ2) is 5.67. The normalized spacial score (nSPS) is 10.6. The van der Waals surface area contributed by atoms with E-state index in [4.69, 9.17) is 0 Å². The molecular weight excluding hydrogens is 364 g/mol. The summed E-state index contributed by atoms with van der Waals surface area (Å²) >= 11 is 6.50. The number of pyridine rings is 2. The number of hydrogen-bond acceptors (Lipinski definition) is 2. The molecule has 0 unspecified atom stereocenters. The molecule has 4 nitrogen and oxygen atoms in total. The zero-order valence-electron chi connectivity index (χ0n) is 9.35. The van der Waals surface area contributed by atoms with Crippen molar-refractivity contribution in [3.05, 3.63) is 58.2 Å². The van der Waals surface area contributed by atoms with Crippen molar-refractivity contribution < 1.29 is 9.46 Å². The van der Waals surface area contributed by atoms with E-state index in [1.54, 1.807) is 36.4 Å². The molecule has 0 radical (unpaired) electrons. The maximum Gasteiger partial charge on any atom is 0.290 e. The van der Waals surface area contributed by atoms with Crippen molar-refractivity contribution in [2.75, 3.05) is 0 Å². The van der Waals surface area contributed by atoms with Crippen molar-refractivity contribution in [3.8, 4) is 11.4 Å². The fourth-order valence-corrected chi connectivity index (χ4v) is 2.49. The molecule has 6 heteroatoms. The van der Waals surface area contributed by atoms with Gasteiger partial charge in [0.05, 0.1) is 10.7 Å². The molecule has 94 valence electrons. The van der Waals surface area contributed by atoms with Crippen LogP contribution in [0.25, 0.3) is 11.4 Å². The van der Waals surface area contributed by atoms with Crippen LogP contribution in [0.3, 0.4) is 0 Å². The van der Waals surface area contributed by atoms with Gasteiger partial charge in [0, 0.05) is 24.3 Å². The van der Waals surface area contributed by atoms with E-state index >= 15 is 0 Å². The van der Waals surface area contributed by atoms with Crippen LogP contribution in [0, 0.1) is 10.4 Å². The highest BCUT2D eigenvalue weighted by Crippen LogP contribution is 2.14. The van der Waals surface area contributed by atoms with E-state index < -0.39 is 0 Å². The average Bonchev–Trinajstić information content (AvgIpc) is 2.40. The van der Waals surface area contributed by atoms with Crippen molar-refractivity contribution in [3.63, 3.8) is 0 Å². The van der Waals surface area contributed by atoms with Crippen molar-refractivity contribution >= 4 is 31.9 Å². The van der Waals surface area contributed by atoms with Crippen molar-refractivity contribution in [2.45, 2.75) is 10.7 Å². The summed E-state index contributed by atoms with van der Waals surface area (Å²) in [5.41, 5.74) is 1.84. The zero-order chi connectivity index (χ0) is 13.1. The first-order valence-corrected chi connectivity index (χ1v) is 7.48. The van der Waals surface area contributed by atoms with Gasteiger partial charge < -0.3 is 10.4 Å². The minimum absolute atomic E-state index is 0.352.